The minimum Gasteiger partial charge on any atom is -0.390 e. The second-order valence-corrected chi connectivity index (χ2v) is 3.19. The lowest BCUT2D eigenvalue weighted by atomic mass is 10.1. The van der Waals surface area contributed by atoms with E-state index in [2.05, 4.69) is 4.98 Å². The number of rotatable bonds is 3. The van der Waals surface area contributed by atoms with E-state index in [4.69, 9.17) is 28.3 Å². The zero-order valence-corrected chi connectivity index (χ0v) is 8.49. The van der Waals surface area contributed by atoms with E-state index in [0.29, 0.717) is 0 Å². The number of alkyl halides is 3. The van der Waals surface area contributed by atoms with Gasteiger partial charge in [0.2, 0.25) is 0 Å². The van der Waals surface area contributed by atoms with Crippen LogP contribution in [0, 0.1) is 0 Å². The molecule has 0 aromatic carbocycles. The molecule has 0 atom stereocenters. The molecule has 2 nitrogen and oxygen atoms in total. The number of aromatic nitrogens is 1. The third-order valence-corrected chi connectivity index (χ3v) is 2.27. The third kappa shape index (κ3) is 2.32. The molecule has 0 saturated heterocycles. The van der Waals surface area contributed by atoms with Crippen molar-refractivity contribution in [3.8, 4) is 0 Å². The van der Waals surface area contributed by atoms with Crippen LogP contribution in [0.15, 0.2) is 6.07 Å². The monoisotopic (exact) mass is 241 g/mol. The SMILES string of the molecule is OCc1cc(C(F)F)c(CCl)c(Cl)n1. The molecule has 1 rings (SSSR count). The van der Waals surface area contributed by atoms with Crippen LogP contribution in [0.5, 0.6) is 0 Å². The maximum atomic E-state index is 12.5. The van der Waals surface area contributed by atoms with Crippen molar-refractivity contribution in [2.75, 3.05) is 0 Å². The Balaban J connectivity index is 3.28. The highest BCUT2D eigenvalue weighted by molar-refractivity contribution is 6.31. The number of pyridine rings is 1. The molecule has 0 saturated carbocycles. The average Bonchev–Trinajstić information content (AvgIpc) is 2.16. The highest BCUT2D eigenvalue weighted by atomic mass is 35.5. The van der Waals surface area contributed by atoms with Gasteiger partial charge in [-0.2, -0.15) is 0 Å². The van der Waals surface area contributed by atoms with Crippen LogP contribution in [0.25, 0.3) is 0 Å². The molecular formula is C8H7Cl2F2NO. The fourth-order valence-corrected chi connectivity index (χ4v) is 1.65. The number of hydrogen-bond donors (Lipinski definition) is 1. The summed E-state index contributed by atoms with van der Waals surface area (Å²) >= 11 is 11.1. The van der Waals surface area contributed by atoms with E-state index in [1.54, 1.807) is 0 Å². The van der Waals surface area contributed by atoms with E-state index < -0.39 is 13.0 Å². The van der Waals surface area contributed by atoms with Crippen LogP contribution in [0.1, 0.15) is 23.2 Å². The molecule has 1 N–H and O–H groups in total. The van der Waals surface area contributed by atoms with Crippen LogP contribution in [0.4, 0.5) is 8.78 Å². The molecular weight excluding hydrogens is 235 g/mol. The number of aliphatic hydroxyl groups is 1. The Morgan fingerprint density at radius 3 is 2.57 bits per heavy atom. The summed E-state index contributed by atoms with van der Waals surface area (Å²) in [5, 5.41) is 8.65. The molecule has 0 unspecified atom stereocenters. The number of hydrogen-bond acceptors (Lipinski definition) is 2. The number of aliphatic hydroxyl groups excluding tert-OH is 1. The molecule has 0 fully saturated rings. The van der Waals surface area contributed by atoms with Crippen LogP contribution in [-0.4, -0.2) is 10.1 Å². The van der Waals surface area contributed by atoms with E-state index in [1.165, 1.54) is 0 Å². The van der Waals surface area contributed by atoms with Crippen molar-refractivity contribution < 1.29 is 13.9 Å². The van der Waals surface area contributed by atoms with Gasteiger partial charge in [0.1, 0.15) is 5.15 Å². The van der Waals surface area contributed by atoms with Crippen LogP contribution < -0.4 is 0 Å². The molecule has 1 heterocycles. The minimum absolute atomic E-state index is 0.0816. The fraction of sp³-hybridized carbons (Fsp3) is 0.375. The Morgan fingerprint density at radius 2 is 2.14 bits per heavy atom. The standard InChI is InChI=1S/C8H7Cl2F2NO/c9-2-6-5(8(11)12)1-4(3-14)13-7(6)10/h1,8,14H,2-3H2. The highest BCUT2D eigenvalue weighted by Gasteiger charge is 2.17. The van der Waals surface area contributed by atoms with Gasteiger partial charge in [0.15, 0.2) is 0 Å². The molecule has 0 amide bonds. The molecule has 0 bridgehead atoms. The summed E-state index contributed by atoms with van der Waals surface area (Å²) in [5.74, 6) is -0.128. The molecule has 14 heavy (non-hydrogen) atoms. The Hall–Kier alpha value is -0.450. The Kier molecular flexibility index (Phi) is 4.04. The predicted molar refractivity (Wildman–Crippen MR) is 49.7 cm³/mol. The van der Waals surface area contributed by atoms with Gasteiger partial charge in [-0.3, -0.25) is 0 Å². The van der Waals surface area contributed by atoms with Crippen molar-refractivity contribution >= 4 is 23.2 Å². The van der Waals surface area contributed by atoms with Crippen molar-refractivity contribution in [2.45, 2.75) is 18.9 Å². The molecule has 0 aliphatic heterocycles. The van der Waals surface area contributed by atoms with Gasteiger partial charge in [0.05, 0.1) is 18.2 Å². The van der Waals surface area contributed by atoms with Gasteiger partial charge >= 0.3 is 0 Å². The van der Waals surface area contributed by atoms with Crippen molar-refractivity contribution in [2.24, 2.45) is 0 Å². The number of nitrogens with zero attached hydrogens (tertiary/aromatic N) is 1. The fourth-order valence-electron chi connectivity index (χ4n) is 1.02. The smallest absolute Gasteiger partial charge is 0.264 e. The van der Waals surface area contributed by atoms with E-state index in [1.807, 2.05) is 0 Å². The Bertz CT molecular complexity index is 333. The summed E-state index contributed by atoms with van der Waals surface area (Å²) in [7, 11) is 0. The van der Waals surface area contributed by atoms with Gasteiger partial charge in [-0.25, -0.2) is 13.8 Å². The second-order valence-electron chi connectivity index (χ2n) is 2.56. The van der Waals surface area contributed by atoms with Crippen molar-refractivity contribution in [1.82, 2.24) is 4.98 Å². The molecule has 0 aliphatic rings. The maximum absolute atomic E-state index is 12.5. The molecule has 0 aliphatic carbocycles. The first-order valence-electron chi connectivity index (χ1n) is 3.73. The lowest BCUT2D eigenvalue weighted by molar-refractivity contribution is 0.150. The molecule has 1 aromatic heterocycles. The van der Waals surface area contributed by atoms with Crippen molar-refractivity contribution in [3.63, 3.8) is 0 Å². The van der Waals surface area contributed by atoms with Gasteiger partial charge in [-0.15, -0.1) is 11.6 Å². The van der Waals surface area contributed by atoms with E-state index in [0.717, 1.165) is 6.07 Å². The van der Waals surface area contributed by atoms with Gasteiger partial charge in [0.25, 0.3) is 6.43 Å². The third-order valence-electron chi connectivity index (χ3n) is 1.69. The molecule has 78 valence electrons. The van der Waals surface area contributed by atoms with Crippen LogP contribution >= 0.6 is 23.2 Å². The Morgan fingerprint density at radius 1 is 1.50 bits per heavy atom. The summed E-state index contributed by atoms with van der Waals surface area (Å²) in [6.07, 6.45) is -2.67. The minimum atomic E-state index is -2.67. The van der Waals surface area contributed by atoms with Crippen LogP contribution in [0.2, 0.25) is 5.15 Å². The molecule has 0 spiro atoms. The first-order chi connectivity index (χ1) is 6.60. The van der Waals surface area contributed by atoms with Gasteiger partial charge in [0, 0.05) is 11.1 Å². The van der Waals surface area contributed by atoms with Gasteiger partial charge in [-0.05, 0) is 6.07 Å². The first-order valence-corrected chi connectivity index (χ1v) is 4.64. The lowest BCUT2D eigenvalue weighted by Gasteiger charge is -2.09. The van der Waals surface area contributed by atoms with Gasteiger partial charge in [-0.1, -0.05) is 11.6 Å². The summed E-state index contributed by atoms with van der Waals surface area (Å²) in [4.78, 5) is 3.70. The first kappa shape index (κ1) is 11.6. The lowest BCUT2D eigenvalue weighted by Crippen LogP contribution is -2.00. The largest absolute Gasteiger partial charge is 0.390 e. The summed E-state index contributed by atoms with van der Waals surface area (Å²) in [6, 6.07) is 1.11. The highest BCUT2D eigenvalue weighted by Crippen LogP contribution is 2.29. The topological polar surface area (TPSA) is 33.1 Å². The molecule has 0 radical (unpaired) electrons. The normalized spacial score (nSPS) is 11.0. The second kappa shape index (κ2) is 4.87. The zero-order chi connectivity index (χ0) is 10.7. The van der Waals surface area contributed by atoms with E-state index >= 15 is 0 Å². The predicted octanol–water partition coefficient (Wildman–Crippen LogP) is 2.90. The van der Waals surface area contributed by atoms with Crippen molar-refractivity contribution in [1.29, 1.82) is 0 Å². The van der Waals surface area contributed by atoms with Crippen LogP contribution in [0.3, 0.4) is 0 Å². The van der Waals surface area contributed by atoms with Gasteiger partial charge < -0.3 is 5.11 Å². The summed E-state index contributed by atoms with van der Waals surface area (Å²) in [6.45, 7) is -0.429. The molecule has 1 aromatic rings. The average molecular weight is 242 g/mol. The maximum Gasteiger partial charge on any atom is 0.264 e. The zero-order valence-electron chi connectivity index (χ0n) is 6.98. The summed E-state index contributed by atoms with van der Waals surface area (Å²) < 4.78 is 25.0. The molecule has 6 heteroatoms. The quantitative estimate of drug-likeness (QED) is 0.652. The van der Waals surface area contributed by atoms with Crippen LogP contribution in [-0.2, 0) is 12.5 Å². The summed E-state index contributed by atoms with van der Waals surface area (Å²) in [5.41, 5.74) is -0.0521. The van der Waals surface area contributed by atoms with E-state index in [-0.39, 0.29) is 27.9 Å². The van der Waals surface area contributed by atoms with Crippen molar-refractivity contribution in [3.05, 3.63) is 28.0 Å². The van der Waals surface area contributed by atoms with E-state index in [9.17, 15) is 8.78 Å². The number of halogens is 4. The Labute approximate surface area is 89.5 Å².